The first-order valence-electron chi connectivity index (χ1n) is 9.81. The van der Waals surface area contributed by atoms with Gasteiger partial charge >= 0.3 is 12.5 Å². The molecule has 1 fully saturated rings. The molecule has 1 aromatic carbocycles. The van der Waals surface area contributed by atoms with Crippen LogP contribution in [0.15, 0.2) is 47.1 Å². The third kappa shape index (κ3) is 5.80. The van der Waals surface area contributed by atoms with Gasteiger partial charge in [0.2, 0.25) is 0 Å². The van der Waals surface area contributed by atoms with Crippen LogP contribution in [0.1, 0.15) is 16.2 Å². The van der Waals surface area contributed by atoms with Gasteiger partial charge in [0.15, 0.2) is 15.5 Å². The van der Waals surface area contributed by atoms with Gasteiger partial charge in [-0.15, -0.1) is 13.2 Å². The Morgan fingerprint density at radius 2 is 1.78 bits per heavy atom. The Balaban J connectivity index is 1.86. The van der Waals surface area contributed by atoms with E-state index in [-0.39, 0.29) is 39.4 Å². The molecule has 3 heterocycles. The summed E-state index contributed by atoms with van der Waals surface area (Å²) in [5.74, 6) is -2.29. The van der Waals surface area contributed by atoms with Gasteiger partial charge < -0.3 is 9.64 Å². The quantitative estimate of drug-likeness (QED) is 0.412. The van der Waals surface area contributed by atoms with Gasteiger partial charge in [0.05, 0.1) is 17.1 Å². The van der Waals surface area contributed by atoms with Crippen molar-refractivity contribution in [2.24, 2.45) is 0 Å². The predicted molar refractivity (Wildman–Crippen MR) is 116 cm³/mol. The van der Waals surface area contributed by atoms with Crippen molar-refractivity contribution in [3.8, 4) is 22.7 Å². The van der Waals surface area contributed by atoms with Crippen LogP contribution >= 0.6 is 15.9 Å². The van der Waals surface area contributed by atoms with Crippen molar-refractivity contribution < 1.29 is 44.3 Å². The Hall–Kier alpha value is -3.14. The lowest BCUT2D eigenvalue weighted by atomic mass is 10.1. The molecule has 0 aliphatic carbocycles. The molecular weight excluding hydrogens is 586 g/mol. The van der Waals surface area contributed by atoms with Gasteiger partial charge in [-0.25, -0.2) is 13.1 Å². The maximum atomic E-state index is 13.2. The smallest absolute Gasteiger partial charge is 0.406 e. The molecule has 4 rings (SSSR count). The number of alkyl halides is 6. The zero-order valence-electron chi connectivity index (χ0n) is 17.6. The van der Waals surface area contributed by atoms with Gasteiger partial charge in [-0.3, -0.25) is 9.78 Å². The van der Waals surface area contributed by atoms with E-state index >= 15 is 0 Å². The molecule has 3 aromatic rings. The summed E-state index contributed by atoms with van der Waals surface area (Å²) < 4.78 is 107. The Bertz CT molecular complexity index is 1440. The molecule has 0 saturated carbocycles. The monoisotopic (exact) mass is 598 g/mol. The topological polar surface area (TPSA) is 94.4 Å². The minimum atomic E-state index is -5.02. The highest BCUT2D eigenvalue weighted by Crippen LogP contribution is 2.34. The van der Waals surface area contributed by atoms with Gasteiger partial charge in [0.25, 0.3) is 5.91 Å². The number of sulfone groups is 1. The Kier molecular flexibility index (Phi) is 6.53. The summed E-state index contributed by atoms with van der Waals surface area (Å²) in [5, 5.41) is 4.06. The predicted octanol–water partition coefficient (Wildman–Crippen LogP) is 4.44. The van der Waals surface area contributed by atoms with Gasteiger partial charge in [-0.05, 0) is 36.4 Å². The van der Waals surface area contributed by atoms with Crippen LogP contribution in [0.2, 0.25) is 0 Å². The van der Waals surface area contributed by atoms with E-state index in [2.05, 4.69) is 30.7 Å². The van der Waals surface area contributed by atoms with E-state index in [0.29, 0.717) is 6.07 Å². The van der Waals surface area contributed by atoms with E-state index in [9.17, 15) is 39.6 Å². The van der Waals surface area contributed by atoms with Crippen LogP contribution < -0.4 is 4.74 Å². The molecule has 1 saturated heterocycles. The maximum absolute atomic E-state index is 13.2. The molecule has 192 valence electrons. The van der Waals surface area contributed by atoms with Crippen LogP contribution in [-0.2, 0) is 16.0 Å². The van der Waals surface area contributed by atoms with E-state index in [1.165, 1.54) is 6.07 Å². The van der Waals surface area contributed by atoms with Crippen LogP contribution in [0.3, 0.4) is 0 Å². The highest BCUT2D eigenvalue weighted by molar-refractivity contribution is 9.10. The van der Waals surface area contributed by atoms with Crippen LogP contribution in [0, 0.1) is 0 Å². The Morgan fingerprint density at radius 1 is 1.06 bits per heavy atom. The van der Waals surface area contributed by atoms with E-state index < -0.39 is 45.6 Å². The summed E-state index contributed by atoms with van der Waals surface area (Å²) in [6, 6.07) is 6.28. The molecule has 0 spiro atoms. The lowest BCUT2D eigenvalue weighted by Crippen LogP contribution is -2.29. The fourth-order valence-electron chi connectivity index (χ4n) is 3.44. The van der Waals surface area contributed by atoms with Crippen molar-refractivity contribution in [2.45, 2.75) is 12.5 Å². The molecule has 0 unspecified atom stereocenters. The van der Waals surface area contributed by atoms with Crippen LogP contribution in [0.5, 0.6) is 5.75 Å². The van der Waals surface area contributed by atoms with Gasteiger partial charge in [0.1, 0.15) is 17.3 Å². The number of hydrogen-bond acceptors (Lipinski definition) is 6. The number of amides is 1. The first kappa shape index (κ1) is 25.9. The number of aromatic nitrogens is 3. The molecule has 36 heavy (non-hydrogen) atoms. The Labute approximate surface area is 207 Å². The molecule has 0 atom stereocenters. The fourth-order valence-corrected chi connectivity index (χ4v) is 5.26. The number of pyridine rings is 1. The number of nitrogens with zero attached hydrogens (tertiary/aromatic N) is 4. The summed E-state index contributed by atoms with van der Waals surface area (Å²) >= 11 is 3.06. The van der Waals surface area contributed by atoms with Crippen molar-refractivity contribution in [2.75, 3.05) is 18.2 Å². The lowest BCUT2D eigenvalue weighted by molar-refractivity contribution is -0.274. The van der Waals surface area contributed by atoms with Gasteiger partial charge in [0, 0.05) is 22.8 Å². The van der Waals surface area contributed by atoms with Crippen molar-refractivity contribution >= 4 is 31.7 Å². The first-order valence-corrected chi connectivity index (χ1v) is 12.4. The molecule has 2 aromatic heterocycles. The highest BCUT2D eigenvalue weighted by Gasteiger charge is 2.35. The van der Waals surface area contributed by atoms with Crippen LogP contribution in [0.25, 0.3) is 16.9 Å². The second kappa shape index (κ2) is 9.06. The number of carbonyl (C=O) groups excluding carboxylic acids is 1. The highest BCUT2D eigenvalue weighted by atomic mass is 79.9. The van der Waals surface area contributed by atoms with Crippen LogP contribution in [0.4, 0.5) is 26.3 Å². The molecule has 1 amide bonds. The second-order valence-electron chi connectivity index (χ2n) is 7.59. The zero-order valence-corrected chi connectivity index (χ0v) is 20.0. The minimum absolute atomic E-state index is 0.00888. The number of carbonyl (C=O) groups is 1. The standard InChI is InChI=1S/C20H13BrF6N4O4S/c21-12-5-11(6-14(7-12)35-20(25,26)27)16-9-15(18(32)30-3-4-36(33,34)10-30)29-31(16)13-1-2-28-17(8-13)19(22,23)24/h1-2,5-9H,3-4,10H2. The molecule has 16 heteroatoms. The number of rotatable bonds is 4. The SMILES string of the molecule is O=C(c1cc(-c2cc(Br)cc(OC(F)(F)F)c2)n(-c2ccnc(C(F)(F)F)c2)n1)N1CCS(=O)(=O)C1. The molecular formula is C20H13BrF6N4O4S. The normalized spacial score (nSPS) is 15.8. The third-order valence-corrected chi connectivity index (χ3v) is 6.89. The maximum Gasteiger partial charge on any atom is 0.573 e. The van der Waals surface area contributed by atoms with Crippen molar-refractivity contribution in [3.05, 3.63) is 58.5 Å². The number of halogens is 7. The van der Waals surface area contributed by atoms with E-state index in [1.54, 1.807) is 0 Å². The first-order chi connectivity index (χ1) is 16.6. The molecule has 0 radical (unpaired) electrons. The number of hydrogen-bond donors (Lipinski definition) is 0. The van der Waals surface area contributed by atoms with Crippen molar-refractivity contribution in [1.29, 1.82) is 0 Å². The average Bonchev–Trinajstić information content (AvgIpc) is 3.35. The van der Waals surface area contributed by atoms with Crippen molar-refractivity contribution in [1.82, 2.24) is 19.7 Å². The summed E-state index contributed by atoms with van der Waals surface area (Å²) in [7, 11) is -3.50. The fraction of sp³-hybridized carbons (Fsp3) is 0.250. The largest absolute Gasteiger partial charge is 0.573 e. The third-order valence-electron chi connectivity index (χ3n) is 4.92. The average molecular weight is 599 g/mol. The van der Waals surface area contributed by atoms with Crippen molar-refractivity contribution in [3.63, 3.8) is 0 Å². The summed E-state index contributed by atoms with van der Waals surface area (Å²) in [6.45, 7) is -0.114. The van der Waals surface area contributed by atoms with Gasteiger partial charge in [-0.1, -0.05) is 15.9 Å². The number of ether oxygens (including phenoxy) is 1. The van der Waals surface area contributed by atoms with Gasteiger partial charge in [-0.2, -0.15) is 18.3 Å². The molecule has 8 nitrogen and oxygen atoms in total. The Morgan fingerprint density at radius 3 is 2.39 bits per heavy atom. The summed E-state index contributed by atoms with van der Waals surface area (Å²) in [6.07, 6.45) is -8.97. The zero-order chi connectivity index (χ0) is 26.5. The summed E-state index contributed by atoms with van der Waals surface area (Å²) in [5.41, 5.74) is -1.85. The second-order valence-corrected chi connectivity index (χ2v) is 10.7. The minimum Gasteiger partial charge on any atom is -0.406 e. The molecule has 0 bridgehead atoms. The van der Waals surface area contributed by atoms with E-state index in [4.69, 9.17) is 0 Å². The van der Waals surface area contributed by atoms with E-state index in [1.807, 2.05) is 0 Å². The van der Waals surface area contributed by atoms with E-state index in [0.717, 1.165) is 40.0 Å². The lowest BCUT2D eigenvalue weighted by Gasteiger charge is -2.13. The van der Waals surface area contributed by atoms with Crippen LogP contribution in [-0.4, -0.2) is 58.5 Å². The summed E-state index contributed by atoms with van der Waals surface area (Å²) in [4.78, 5) is 17.2. The molecule has 1 aliphatic heterocycles. The number of benzene rings is 1. The molecule has 0 N–H and O–H groups in total. The molecule has 1 aliphatic rings.